The van der Waals surface area contributed by atoms with Crippen molar-refractivity contribution >= 4 is 21.1 Å². The fourth-order valence-electron chi connectivity index (χ4n) is 4.31. The molecule has 1 saturated heterocycles. The molecule has 0 amide bonds. The number of nitrogens with one attached hydrogen (secondary N) is 1. The Kier molecular flexibility index (Phi) is 5.42. The first kappa shape index (κ1) is 19.3. The number of likely N-dealkylation sites (tertiary alicyclic amines) is 1. The zero-order valence-corrected chi connectivity index (χ0v) is 17.3. The Balaban J connectivity index is 1.96. The molecule has 0 bridgehead atoms. The maximum absolute atomic E-state index is 12.4. The van der Waals surface area contributed by atoms with Crippen molar-refractivity contribution in [3.8, 4) is 0 Å². The third-order valence-electron chi connectivity index (χ3n) is 5.38. The minimum absolute atomic E-state index is 0.301. The van der Waals surface area contributed by atoms with E-state index in [1.54, 1.807) is 31.1 Å². The second kappa shape index (κ2) is 7.29. The van der Waals surface area contributed by atoms with Crippen LogP contribution in [0.25, 0.3) is 11.0 Å². The smallest absolute Gasteiger partial charge is 0.242 e. The fourth-order valence-corrected chi connectivity index (χ4v) is 5.23. The number of benzene rings is 1. The Morgan fingerprint density at radius 1 is 1.23 bits per heavy atom. The molecule has 2 atom stereocenters. The number of aryl methyl sites for hydroxylation is 1. The fraction of sp³-hybridized carbons (Fsp3) is 0.632. The van der Waals surface area contributed by atoms with Gasteiger partial charge in [-0.25, -0.2) is 17.7 Å². The summed E-state index contributed by atoms with van der Waals surface area (Å²) in [7, 11) is -0.335. The molecule has 1 aliphatic heterocycles. The largest absolute Gasteiger partial charge is 0.328 e. The van der Waals surface area contributed by atoms with E-state index in [9.17, 15) is 8.42 Å². The Morgan fingerprint density at radius 3 is 2.46 bits per heavy atom. The number of sulfonamides is 1. The lowest BCUT2D eigenvalue weighted by Gasteiger charge is -2.31. The van der Waals surface area contributed by atoms with E-state index in [1.807, 2.05) is 6.07 Å². The normalized spacial score (nSPS) is 24.5. The van der Waals surface area contributed by atoms with Crippen LogP contribution in [0, 0.1) is 11.8 Å². The highest BCUT2D eigenvalue weighted by Gasteiger charge is 2.27. The van der Waals surface area contributed by atoms with E-state index >= 15 is 0 Å². The van der Waals surface area contributed by atoms with Crippen LogP contribution in [0.15, 0.2) is 23.1 Å². The van der Waals surface area contributed by atoms with Crippen molar-refractivity contribution in [1.82, 2.24) is 13.9 Å². The van der Waals surface area contributed by atoms with Crippen molar-refractivity contribution in [3.05, 3.63) is 24.0 Å². The molecule has 1 N–H and O–H groups in total. The molecular weight excluding hydrogens is 348 g/mol. The van der Waals surface area contributed by atoms with Gasteiger partial charge in [0, 0.05) is 32.5 Å². The van der Waals surface area contributed by atoms with E-state index in [0.717, 1.165) is 41.8 Å². The van der Waals surface area contributed by atoms with Gasteiger partial charge in [-0.15, -0.1) is 0 Å². The predicted molar refractivity (Wildman–Crippen MR) is 104 cm³/mol. The van der Waals surface area contributed by atoms with Crippen molar-refractivity contribution in [2.75, 3.05) is 27.2 Å². The topological polar surface area (TPSA) is 59.6 Å². The van der Waals surface area contributed by atoms with Crippen molar-refractivity contribution < 1.29 is 13.3 Å². The maximum atomic E-state index is 12.4. The summed E-state index contributed by atoms with van der Waals surface area (Å²) in [6.45, 7) is 10.9. The van der Waals surface area contributed by atoms with Gasteiger partial charge in [-0.3, -0.25) is 0 Å². The summed E-state index contributed by atoms with van der Waals surface area (Å²) in [6, 6.07) is 5.28. The van der Waals surface area contributed by atoms with E-state index in [2.05, 4.69) is 25.3 Å². The Labute approximate surface area is 156 Å². The van der Waals surface area contributed by atoms with E-state index in [4.69, 9.17) is 4.98 Å². The number of rotatable bonds is 5. The van der Waals surface area contributed by atoms with E-state index < -0.39 is 10.0 Å². The molecule has 0 spiro atoms. The number of hydrogen-bond donors (Lipinski definition) is 1. The highest BCUT2D eigenvalue weighted by atomic mass is 32.2. The molecule has 1 fully saturated rings. The average Bonchev–Trinajstić information content (AvgIpc) is 2.89. The lowest BCUT2D eigenvalue weighted by atomic mass is 9.92. The van der Waals surface area contributed by atoms with Crippen LogP contribution in [0.3, 0.4) is 0 Å². The molecule has 1 aromatic carbocycles. The standard InChI is InChI=1S/C19H30N4O2S/c1-6-23-18-8-7-16(26(24,25)21(4)5)10-17(18)20-19(23)13-22-11-14(2)9-15(3)12-22/h7-8,10,14-15H,6,9,11-13H2,1-5H3/p+1/t14-,15-/m0/s1. The van der Waals surface area contributed by atoms with Crippen LogP contribution in [0.2, 0.25) is 0 Å². The van der Waals surface area contributed by atoms with Crippen LogP contribution >= 0.6 is 0 Å². The second-order valence-corrected chi connectivity index (χ2v) is 10.1. The lowest BCUT2D eigenvalue weighted by molar-refractivity contribution is -0.926. The number of fused-ring (bicyclic) bond motifs is 1. The summed E-state index contributed by atoms with van der Waals surface area (Å²) in [5, 5.41) is 0. The summed E-state index contributed by atoms with van der Waals surface area (Å²) < 4.78 is 28.3. The number of imidazole rings is 1. The molecule has 2 heterocycles. The van der Waals surface area contributed by atoms with Gasteiger partial charge >= 0.3 is 0 Å². The van der Waals surface area contributed by atoms with E-state index in [-0.39, 0.29) is 0 Å². The SMILES string of the molecule is CCn1c(C[NH+]2C[C@@H](C)C[C@H](C)C2)nc2cc(S(=O)(=O)N(C)C)ccc21. The number of quaternary nitrogens is 1. The van der Waals surface area contributed by atoms with Crippen molar-refractivity contribution in [3.63, 3.8) is 0 Å². The molecule has 144 valence electrons. The third-order valence-corrected chi connectivity index (χ3v) is 7.19. The third kappa shape index (κ3) is 3.66. The molecule has 6 nitrogen and oxygen atoms in total. The molecular formula is C19H31N4O2S+. The summed E-state index contributed by atoms with van der Waals surface area (Å²) in [5.74, 6) is 2.54. The molecule has 7 heteroatoms. The predicted octanol–water partition coefficient (Wildman–Crippen LogP) is 1.37. The van der Waals surface area contributed by atoms with Gasteiger partial charge < -0.3 is 9.47 Å². The Hall–Kier alpha value is -1.44. The summed E-state index contributed by atoms with van der Waals surface area (Å²) in [6.07, 6.45) is 1.31. The molecule has 1 aromatic heterocycles. The van der Waals surface area contributed by atoms with Crippen molar-refractivity contribution in [1.29, 1.82) is 0 Å². The van der Waals surface area contributed by atoms with E-state index in [1.165, 1.54) is 23.8 Å². The van der Waals surface area contributed by atoms with Gasteiger partial charge in [0.05, 0.1) is 29.0 Å². The summed E-state index contributed by atoms with van der Waals surface area (Å²) in [4.78, 5) is 6.69. The lowest BCUT2D eigenvalue weighted by Crippen LogP contribution is -3.13. The van der Waals surface area contributed by atoms with Gasteiger partial charge in [-0.1, -0.05) is 13.8 Å². The first-order valence-corrected chi connectivity index (χ1v) is 10.9. The second-order valence-electron chi connectivity index (χ2n) is 7.99. The molecule has 2 aromatic rings. The Bertz CT molecular complexity index is 878. The van der Waals surface area contributed by atoms with Crippen LogP contribution in [0.1, 0.15) is 33.0 Å². The van der Waals surface area contributed by atoms with Crippen molar-refractivity contribution in [2.45, 2.75) is 45.2 Å². The number of aromatic nitrogens is 2. The highest BCUT2D eigenvalue weighted by Crippen LogP contribution is 2.22. The van der Waals surface area contributed by atoms with Gasteiger partial charge in [-0.05, 0) is 31.5 Å². The van der Waals surface area contributed by atoms with Crippen LogP contribution in [-0.4, -0.2) is 49.5 Å². The number of hydrogen-bond acceptors (Lipinski definition) is 3. The molecule has 1 aliphatic rings. The molecule has 0 unspecified atom stereocenters. The monoisotopic (exact) mass is 379 g/mol. The number of piperidine rings is 1. The average molecular weight is 380 g/mol. The van der Waals surface area contributed by atoms with Gasteiger partial charge in [0.25, 0.3) is 0 Å². The van der Waals surface area contributed by atoms with Crippen LogP contribution < -0.4 is 4.90 Å². The first-order chi connectivity index (χ1) is 12.2. The van der Waals surface area contributed by atoms with E-state index in [0.29, 0.717) is 4.90 Å². The molecule has 26 heavy (non-hydrogen) atoms. The highest BCUT2D eigenvalue weighted by molar-refractivity contribution is 7.89. The van der Waals surface area contributed by atoms with Gasteiger partial charge in [0.1, 0.15) is 6.54 Å². The zero-order valence-electron chi connectivity index (χ0n) is 16.5. The van der Waals surface area contributed by atoms with Crippen molar-refractivity contribution in [2.24, 2.45) is 11.8 Å². The van der Waals surface area contributed by atoms with Crippen LogP contribution in [0.5, 0.6) is 0 Å². The molecule has 0 radical (unpaired) electrons. The molecule has 0 saturated carbocycles. The summed E-state index contributed by atoms with van der Waals surface area (Å²) >= 11 is 0. The Morgan fingerprint density at radius 2 is 1.88 bits per heavy atom. The van der Waals surface area contributed by atoms with Gasteiger partial charge in [-0.2, -0.15) is 0 Å². The minimum atomic E-state index is -3.44. The van der Waals surface area contributed by atoms with Gasteiger partial charge in [0.15, 0.2) is 5.82 Å². The van der Waals surface area contributed by atoms with Gasteiger partial charge in [0.2, 0.25) is 10.0 Å². The number of nitrogens with zero attached hydrogens (tertiary/aromatic N) is 3. The van der Waals surface area contributed by atoms with Crippen LogP contribution in [0.4, 0.5) is 0 Å². The molecule has 3 rings (SSSR count). The minimum Gasteiger partial charge on any atom is -0.328 e. The zero-order chi connectivity index (χ0) is 19.1. The maximum Gasteiger partial charge on any atom is 0.242 e. The first-order valence-electron chi connectivity index (χ1n) is 9.47. The van der Waals surface area contributed by atoms with Crippen LogP contribution in [-0.2, 0) is 23.1 Å². The summed E-state index contributed by atoms with van der Waals surface area (Å²) in [5.41, 5.74) is 1.78. The quantitative estimate of drug-likeness (QED) is 0.854. The molecule has 0 aliphatic carbocycles.